The lowest BCUT2D eigenvalue weighted by Gasteiger charge is -2.28. The summed E-state index contributed by atoms with van der Waals surface area (Å²) in [7, 11) is 3.82. The number of nitrogens with zero attached hydrogens (tertiary/aromatic N) is 2. The summed E-state index contributed by atoms with van der Waals surface area (Å²) >= 11 is 0. The quantitative estimate of drug-likeness (QED) is 0.463. The lowest BCUT2D eigenvalue weighted by Crippen LogP contribution is -2.42. The fourth-order valence-electron chi connectivity index (χ4n) is 1.34. The zero-order valence-electron chi connectivity index (χ0n) is 9.75. The van der Waals surface area contributed by atoms with Gasteiger partial charge < -0.3 is 0 Å². The highest BCUT2D eigenvalue weighted by Crippen LogP contribution is 2.04. The third kappa shape index (κ3) is 5.22. The van der Waals surface area contributed by atoms with Crippen LogP contribution < -0.4 is 0 Å². The van der Waals surface area contributed by atoms with Crippen LogP contribution in [0, 0.1) is 6.92 Å². The van der Waals surface area contributed by atoms with Crippen LogP contribution in [0.1, 0.15) is 39.0 Å². The summed E-state index contributed by atoms with van der Waals surface area (Å²) in [5.74, 6) is 0.227. The van der Waals surface area contributed by atoms with Gasteiger partial charge in [-0.15, -0.1) is 0 Å². The molecule has 14 heavy (non-hydrogen) atoms. The summed E-state index contributed by atoms with van der Waals surface area (Å²) in [6.45, 7) is 6.66. The van der Waals surface area contributed by atoms with Crippen molar-refractivity contribution in [3.63, 3.8) is 0 Å². The monoisotopic (exact) mass is 199 g/mol. The van der Waals surface area contributed by atoms with Crippen molar-refractivity contribution in [2.75, 3.05) is 20.6 Å². The van der Waals surface area contributed by atoms with Gasteiger partial charge in [-0.1, -0.05) is 26.7 Å². The molecule has 1 radical (unpaired) electrons. The third-order valence-electron chi connectivity index (χ3n) is 2.10. The van der Waals surface area contributed by atoms with Crippen LogP contribution in [-0.4, -0.2) is 36.6 Å². The van der Waals surface area contributed by atoms with E-state index in [1.807, 2.05) is 24.1 Å². The average Bonchev–Trinajstić information content (AvgIpc) is 2.13. The Morgan fingerprint density at radius 3 is 2.36 bits per heavy atom. The maximum atomic E-state index is 11.7. The van der Waals surface area contributed by atoms with E-state index >= 15 is 0 Å². The van der Waals surface area contributed by atoms with Gasteiger partial charge in [0.15, 0.2) is 0 Å². The maximum absolute atomic E-state index is 11.7. The van der Waals surface area contributed by atoms with E-state index in [9.17, 15) is 4.79 Å². The number of hydrazine groups is 1. The molecule has 0 aliphatic rings. The molecule has 0 heterocycles. The molecule has 0 unspecified atom stereocenters. The molecule has 0 aromatic rings. The molecular formula is C11H23N2O. The second kappa shape index (κ2) is 7.80. The van der Waals surface area contributed by atoms with Crippen molar-refractivity contribution in [3.8, 4) is 0 Å². The van der Waals surface area contributed by atoms with Crippen molar-refractivity contribution in [1.82, 2.24) is 10.0 Å². The van der Waals surface area contributed by atoms with Gasteiger partial charge in [-0.3, -0.25) is 9.80 Å². The van der Waals surface area contributed by atoms with E-state index in [0.29, 0.717) is 6.42 Å². The smallest absolute Gasteiger partial charge is 0.236 e. The molecule has 0 saturated heterocycles. The SMILES string of the molecule is [CH2]CCCCC(=O)N(CCC)N(C)C. The summed E-state index contributed by atoms with van der Waals surface area (Å²) in [5.41, 5.74) is 0. The van der Waals surface area contributed by atoms with Gasteiger partial charge >= 0.3 is 0 Å². The molecule has 0 aromatic heterocycles. The Morgan fingerprint density at radius 1 is 1.29 bits per heavy atom. The van der Waals surface area contributed by atoms with Gasteiger partial charge in [0.25, 0.3) is 0 Å². The third-order valence-corrected chi connectivity index (χ3v) is 2.10. The highest BCUT2D eigenvalue weighted by molar-refractivity contribution is 5.75. The molecule has 0 saturated carbocycles. The van der Waals surface area contributed by atoms with Crippen LogP contribution in [0.15, 0.2) is 0 Å². The molecule has 0 N–H and O–H groups in total. The molecule has 0 bridgehead atoms. The minimum atomic E-state index is 0.227. The summed E-state index contributed by atoms with van der Waals surface area (Å²) in [4.78, 5) is 11.7. The second-order valence-corrected chi connectivity index (χ2v) is 3.67. The van der Waals surface area contributed by atoms with Gasteiger partial charge in [0, 0.05) is 27.1 Å². The van der Waals surface area contributed by atoms with Crippen molar-refractivity contribution in [3.05, 3.63) is 6.92 Å². The van der Waals surface area contributed by atoms with Crippen molar-refractivity contribution < 1.29 is 4.79 Å². The van der Waals surface area contributed by atoms with Crippen LogP contribution in [0.25, 0.3) is 0 Å². The van der Waals surface area contributed by atoms with E-state index in [1.165, 1.54) is 0 Å². The molecule has 0 rings (SSSR count). The fourth-order valence-corrected chi connectivity index (χ4v) is 1.34. The predicted molar refractivity (Wildman–Crippen MR) is 59.5 cm³/mol. The van der Waals surface area contributed by atoms with E-state index < -0.39 is 0 Å². The fraction of sp³-hybridized carbons (Fsp3) is 0.818. The molecular weight excluding hydrogens is 176 g/mol. The van der Waals surface area contributed by atoms with E-state index in [1.54, 1.807) is 0 Å². The van der Waals surface area contributed by atoms with Crippen LogP contribution in [0.2, 0.25) is 0 Å². The average molecular weight is 199 g/mol. The predicted octanol–water partition coefficient (Wildman–Crippen LogP) is 2.10. The second-order valence-electron chi connectivity index (χ2n) is 3.67. The van der Waals surface area contributed by atoms with Gasteiger partial charge in [-0.25, -0.2) is 5.01 Å². The Bertz CT molecular complexity index is 157. The number of rotatable bonds is 7. The van der Waals surface area contributed by atoms with Crippen LogP contribution in [0.5, 0.6) is 0 Å². The molecule has 0 atom stereocenters. The molecule has 1 amide bonds. The standard InChI is InChI=1S/C11H23N2O/c1-5-7-8-9-11(14)13(10-6-2)12(3)4/h1,5-10H2,2-4H3. The first-order chi connectivity index (χ1) is 6.63. The number of hydrogen-bond donors (Lipinski definition) is 0. The number of amides is 1. The van der Waals surface area contributed by atoms with Gasteiger partial charge in [0.05, 0.1) is 0 Å². The van der Waals surface area contributed by atoms with Crippen LogP contribution in [0.3, 0.4) is 0 Å². The van der Waals surface area contributed by atoms with Gasteiger partial charge in [-0.05, 0) is 12.8 Å². The summed E-state index contributed by atoms with van der Waals surface area (Å²) < 4.78 is 0. The van der Waals surface area contributed by atoms with Gasteiger partial charge in [0.2, 0.25) is 5.91 Å². The van der Waals surface area contributed by atoms with Gasteiger partial charge in [0.1, 0.15) is 0 Å². The summed E-state index contributed by atoms with van der Waals surface area (Å²) in [6.07, 6.45) is 4.56. The maximum Gasteiger partial charge on any atom is 0.236 e. The first-order valence-electron chi connectivity index (χ1n) is 5.40. The number of unbranched alkanes of at least 4 members (excludes halogenated alkanes) is 2. The minimum Gasteiger partial charge on any atom is -0.276 e. The molecule has 0 aliphatic carbocycles. The largest absolute Gasteiger partial charge is 0.276 e. The summed E-state index contributed by atoms with van der Waals surface area (Å²) in [6, 6.07) is 0. The minimum absolute atomic E-state index is 0.227. The topological polar surface area (TPSA) is 23.6 Å². The Labute approximate surface area is 88.0 Å². The highest BCUT2D eigenvalue weighted by atomic mass is 16.2. The number of carbonyl (C=O) groups is 1. The normalized spacial score (nSPS) is 10.6. The van der Waals surface area contributed by atoms with E-state index in [4.69, 9.17) is 0 Å². The van der Waals surface area contributed by atoms with Crippen molar-refractivity contribution >= 4 is 5.91 Å². The Kier molecular flexibility index (Phi) is 7.48. The van der Waals surface area contributed by atoms with Crippen molar-refractivity contribution in [1.29, 1.82) is 0 Å². The Hall–Kier alpha value is -0.570. The van der Waals surface area contributed by atoms with Crippen LogP contribution in [0.4, 0.5) is 0 Å². The molecule has 0 aliphatic heterocycles. The molecule has 3 heteroatoms. The molecule has 83 valence electrons. The van der Waals surface area contributed by atoms with Crippen LogP contribution >= 0.6 is 0 Å². The Balaban J connectivity index is 3.89. The van der Waals surface area contributed by atoms with Crippen molar-refractivity contribution in [2.45, 2.75) is 39.0 Å². The first kappa shape index (κ1) is 13.4. The molecule has 3 nitrogen and oxygen atoms in total. The Morgan fingerprint density at radius 2 is 1.93 bits per heavy atom. The number of carbonyl (C=O) groups excluding carboxylic acids is 1. The molecule has 0 fully saturated rings. The first-order valence-corrected chi connectivity index (χ1v) is 5.40. The van der Waals surface area contributed by atoms with Crippen molar-refractivity contribution in [2.24, 2.45) is 0 Å². The zero-order valence-corrected chi connectivity index (χ0v) is 9.75. The summed E-state index contributed by atoms with van der Waals surface area (Å²) in [5, 5.41) is 3.68. The zero-order chi connectivity index (χ0) is 11.0. The van der Waals surface area contributed by atoms with Crippen LogP contribution in [-0.2, 0) is 4.79 Å². The van der Waals surface area contributed by atoms with E-state index in [-0.39, 0.29) is 5.91 Å². The van der Waals surface area contributed by atoms with E-state index in [0.717, 1.165) is 32.2 Å². The van der Waals surface area contributed by atoms with E-state index in [2.05, 4.69) is 13.8 Å². The number of hydrogen-bond acceptors (Lipinski definition) is 2. The van der Waals surface area contributed by atoms with Gasteiger partial charge in [-0.2, -0.15) is 0 Å². The lowest BCUT2D eigenvalue weighted by atomic mass is 10.2. The molecule has 0 spiro atoms. The lowest BCUT2D eigenvalue weighted by molar-refractivity contribution is -0.144. The highest BCUT2D eigenvalue weighted by Gasteiger charge is 2.13. The molecule has 0 aromatic carbocycles.